The van der Waals surface area contributed by atoms with E-state index in [0.717, 1.165) is 6.54 Å². The van der Waals surface area contributed by atoms with Crippen molar-refractivity contribution in [3.63, 3.8) is 0 Å². The molecule has 2 nitrogen and oxygen atoms in total. The van der Waals surface area contributed by atoms with Crippen LogP contribution in [0.5, 0.6) is 0 Å². The van der Waals surface area contributed by atoms with E-state index in [-0.39, 0.29) is 0 Å². The van der Waals surface area contributed by atoms with Crippen molar-refractivity contribution >= 4 is 10.9 Å². The van der Waals surface area contributed by atoms with Gasteiger partial charge in [0.1, 0.15) is 0 Å². The topological polar surface area (TPSA) is 19.0 Å². The predicted molar refractivity (Wildman–Crippen MR) is 72.2 cm³/mol. The van der Waals surface area contributed by atoms with Crippen LogP contribution in [-0.4, -0.2) is 22.5 Å². The summed E-state index contributed by atoms with van der Waals surface area (Å²) >= 11 is 0. The third-order valence-electron chi connectivity index (χ3n) is 3.90. The third-order valence-corrected chi connectivity index (χ3v) is 3.90. The lowest BCUT2D eigenvalue weighted by molar-refractivity contribution is 0.183. The fraction of sp³-hybridized carbons (Fsp3) is 0.467. The third kappa shape index (κ3) is 1.77. The molecule has 0 saturated carbocycles. The number of fused-ring (bicyclic) bond motifs is 3. The van der Waals surface area contributed by atoms with E-state index >= 15 is 0 Å². The first-order valence-electron chi connectivity index (χ1n) is 6.62. The van der Waals surface area contributed by atoms with Gasteiger partial charge in [-0.3, -0.25) is 4.90 Å². The Kier molecular flexibility index (Phi) is 2.67. The average Bonchev–Trinajstić information content (AvgIpc) is 2.68. The molecule has 2 heterocycles. The summed E-state index contributed by atoms with van der Waals surface area (Å²) in [5.41, 5.74) is 4.27. The maximum Gasteiger partial charge on any atom is 0.0459 e. The van der Waals surface area contributed by atoms with Gasteiger partial charge >= 0.3 is 0 Å². The minimum absolute atomic E-state index is 0.668. The van der Waals surface area contributed by atoms with E-state index < -0.39 is 0 Å². The number of hydrogen-bond donors (Lipinski definition) is 1. The van der Waals surface area contributed by atoms with Gasteiger partial charge in [0.2, 0.25) is 0 Å². The molecule has 1 aromatic carbocycles. The van der Waals surface area contributed by atoms with Gasteiger partial charge in [0.15, 0.2) is 0 Å². The molecule has 1 aromatic heterocycles. The van der Waals surface area contributed by atoms with E-state index in [9.17, 15) is 0 Å². The minimum atomic E-state index is 0.668. The highest BCUT2D eigenvalue weighted by atomic mass is 15.2. The Bertz CT molecular complexity index is 527. The maximum absolute atomic E-state index is 3.58. The van der Waals surface area contributed by atoms with Crippen molar-refractivity contribution in [2.24, 2.45) is 0 Å². The zero-order valence-corrected chi connectivity index (χ0v) is 10.7. The van der Waals surface area contributed by atoms with Crippen molar-refractivity contribution in [2.75, 3.05) is 6.54 Å². The number of aromatic nitrogens is 1. The number of para-hydroxylation sites is 1. The molecular weight excluding hydrogens is 208 g/mol. The molecule has 17 heavy (non-hydrogen) atoms. The van der Waals surface area contributed by atoms with E-state index in [4.69, 9.17) is 0 Å². The van der Waals surface area contributed by atoms with Gasteiger partial charge in [-0.15, -0.1) is 0 Å². The molecule has 0 radical (unpaired) electrons. The highest BCUT2D eigenvalue weighted by molar-refractivity contribution is 5.84. The number of hydrogen-bond acceptors (Lipinski definition) is 1. The van der Waals surface area contributed by atoms with Gasteiger partial charge in [-0.05, 0) is 37.9 Å². The van der Waals surface area contributed by atoms with Crippen molar-refractivity contribution in [3.05, 3.63) is 35.5 Å². The molecule has 1 aliphatic heterocycles. The van der Waals surface area contributed by atoms with Crippen molar-refractivity contribution in [3.8, 4) is 0 Å². The highest BCUT2D eigenvalue weighted by Gasteiger charge is 2.24. The molecule has 3 rings (SSSR count). The van der Waals surface area contributed by atoms with Gasteiger partial charge in [-0.1, -0.05) is 25.1 Å². The minimum Gasteiger partial charge on any atom is -0.357 e. The Labute approximate surface area is 103 Å². The van der Waals surface area contributed by atoms with Crippen LogP contribution >= 0.6 is 0 Å². The number of benzene rings is 1. The van der Waals surface area contributed by atoms with Crippen LogP contribution < -0.4 is 0 Å². The Morgan fingerprint density at radius 2 is 2.18 bits per heavy atom. The average molecular weight is 228 g/mol. The van der Waals surface area contributed by atoms with Crippen molar-refractivity contribution in [1.29, 1.82) is 0 Å². The normalized spacial score (nSPS) is 20.7. The number of nitrogens with zero attached hydrogens (tertiary/aromatic N) is 1. The molecule has 2 heteroatoms. The van der Waals surface area contributed by atoms with Crippen LogP contribution in [0.3, 0.4) is 0 Å². The summed E-state index contributed by atoms with van der Waals surface area (Å²) in [6, 6.07) is 9.34. The zero-order chi connectivity index (χ0) is 11.8. The van der Waals surface area contributed by atoms with Gasteiger partial charge in [0.05, 0.1) is 0 Å². The SMILES string of the molecule is CCCN1Cc2[nH]c3ccccc3c2C[C@H]1C. The van der Waals surface area contributed by atoms with Gasteiger partial charge in [0, 0.05) is 29.2 Å². The van der Waals surface area contributed by atoms with Crippen LogP contribution in [0.25, 0.3) is 10.9 Å². The summed E-state index contributed by atoms with van der Waals surface area (Å²) in [7, 11) is 0. The van der Waals surface area contributed by atoms with Gasteiger partial charge in [-0.2, -0.15) is 0 Å². The van der Waals surface area contributed by atoms with E-state index in [1.807, 2.05) is 0 Å². The van der Waals surface area contributed by atoms with Gasteiger partial charge < -0.3 is 4.98 Å². The van der Waals surface area contributed by atoms with Crippen LogP contribution in [0.15, 0.2) is 24.3 Å². The van der Waals surface area contributed by atoms with Crippen LogP contribution in [-0.2, 0) is 13.0 Å². The van der Waals surface area contributed by atoms with E-state index in [1.54, 1.807) is 5.56 Å². The van der Waals surface area contributed by atoms with Crippen LogP contribution in [0.4, 0.5) is 0 Å². The smallest absolute Gasteiger partial charge is 0.0459 e. The second-order valence-electron chi connectivity index (χ2n) is 5.15. The maximum atomic E-state index is 3.58. The first-order valence-corrected chi connectivity index (χ1v) is 6.62. The van der Waals surface area contributed by atoms with Gasteiger partial charge in [-0.25, -0.2) is 0 Å². The van der Waals surface area contributed by atoms with Crippen LogP contribution in [0, 0.1) is 0 Å². The molecule has 1 N–H and O–H groups in total. The molecule has 0 aliphatic carbocycles. The number of H-pyrrole nitrogens is 1. The Morgan fingerprint density at radius 1 is 1.35 bits per heavy atom. The Hall–Kier alpha value is -1.28. The fourth-order valence-corrected chi connectivity index (χ4v) is 2.99. The van der Waals surface area contributed by atoms with Crippen LogP contribution in [0.1, 0.15) is 31.5 Å². The molecule has 0 unspecified atom stereocenters. The van der Waals surface area contributed by atoms with E-state index in [2.05, 4.69) is 48.0 Å². The first kappa shape index (κ1) is 10.8. The molecule has 0 saturated heterocycles. The predicted octanol–water partition coefficient (Wildman–Crippen LogP) is 3.32. The molecule has 0 amide bonds. The second kappa shape index (κ2) is 4.19. The fourth-order valence-electron chi connectivity index (χ4n) is 2.99. The molecule has 2 aromatic rings. The summed E-state index contributed by atoms with van der Waals surface area (Å²) in [5.74, 6) is 0. The summed E-state index contributed by atoms with van der Waals surface area (Å²) < 4.78 is 0. The van der Waals surface area contributed by atoms with Crippen molar-refractivity contribution in [2.45, 2.75) is 39.3 Å². The first-order chi connectivity index (χ1) is 8.29. The molecule has 0 spiro atoms. The van der Waals surface area contributed by atoms with E-state index in [0.29, 0.717) is 6.04 Å². The molecule has 1 atom stereocenters. The lowest BCUT2D eigenvalue weighted by atomic mass is 9.97. The second-order valence-corrected chi connectivity index (χ2v) is 5.15. The Balaban J connectivity index is 2.03. The monoisotopic (exact) mass is 228 g/mol. The molecular formula is C15H20N2. The summed E-state index contributed by atoms with van der Waals surface area (Å²) in [5, 5.41) is 1.42. The van der Waals surface area contributed by atoms with Crippen molar-refractivity contribution in [1.82, 2.24) is 9.88 Å². The van der Waals surface area contributed by atoms with Crippen LogP contribution in [0.2, 0.25) is 0 Å². The highest BCUT2D eigenvalue weighted by Crippen LogP contribution is 2.29. The number of nitrogens with one attached hydrogen (secondary N) is 1. The van der Waals surface area contributed by atoms with E-state index in [1.165, 1.54) is 36.0 Å². The number of rotatable bonds is 2. The van der Waals surface area contributed by atoms with Gasteiger partial charge in [0.25, 0.3) is 0 Å². The number of aromatic amines is 1. The largest absolute Gasteiger partial charge is 0.357 e. The summed E-state index contributed by atoms with van der Waals surface area (Å²) in [4.78, 5) is 6.16. The lowest BCUT2D eigenvalue weighted by Crippen LogP contribution is -2.38. The molecule has 90 valence electrons. The summed E-state index contributed by atoms with van der Waals surface area (Å²) in [6.07, 6.45) is 2.42. The summed E-state index contributed by atoms with van der Waals surface area (Å²) in [6.45, 7) is 6.89. The molecule has 1 aliphatic rings. The van der Waals surface area contributed by atoms with Crippen molar-refractivity contribution < 1.29 is 0 Å². The standard InChI is InChI=1S/C15H20N2/c1-3-8-17-10-15-13(9-11(17)2)12-6-4-5-7-14(12)16-15/h4-7,11,16H,3,8-10H2,1-2H3/t11-/m1/s1. The zero-order valence-electron chi connectivity index (χ0n) is 10.7. The quantitative estimate of drug-likeness (QED) is 0.835. The Morgan fingerprint density at radius 3 is 3.00 bits per heavy atom. The molecule has 0 bridgehead atoms. The molecule has 0 fully saturated rings. The lowest BCUT2D eigenvalue weighted by Gasteiger charge is -2.33.